The van der Waals surface area contributed by atoms with Crippen LogP contribution in [0.5, 0.6) is 0 Å². The van der Waals surface area contributed by atoms with Gasteiger partial charge in [-0.3, -0.25) is 14.2 Å². The van der Waals surface area contributed by atoms with Gasteiger partial charge < -0.3 is 15.1 Å². The van der Waals surface area contributed by atoms with Crippen LogP contribution < -0.4 is 16.4 Å². The molecule has 0 bridgehead atoms. The third-order valence-corrected chi connectivity index (χ3v) is 4.47. The molecule has 2 aromatic carbocycles. The number of fused-ring (bicyclic) bond motifs is 1. The van der Waals surface area contributed by atoms with Crippen molar-refractivity contribution in [3.05, 3.63) is 64.1 Å². The van der Waals surface area contributed by atoms with E-state index in [2.05, 4.69) is 10.6 Å². The topological polar surface area (TPSA) is 93.3 Å². The number of carbonyl (C=O) groups excluding carboxylic acids is 2. The Morgan fingerprint density at radius 2 is 1.93 bits per heavy atom. The molecule has 1 aromatic heterocycles. The monoisotopic (exact) mass is 381 g/mol. The number of para-hydroxylation sites is 2. The zero-order valence-corrected chi connectivity index (χ0v) is 16.0. The Labute approximate surface area is 162 Å². The minimum Gasteiger partial charge on any atom is -0.408 e. The van der Waals surface area contributed by atoms with Crippen LogP contribution in [-0.4, -0.2) is 22.9 Å². The SMILES string of the molecule is CCNC(=O)c1ccc(C)c(NC(=O)CCCn2c(=O)oc3ccccc32)c1. The van der Waals surface area contributed by atoms with Gasteiger partial charge in [0.15, 0.2) is 5.58 Å². The number of aryl methyl sites for hydroxylation is 2. The number of carbonyl (C=O) groups is 2. The van der Waals surface area contributed by atoms with E-state index in [0.29, 0.717) is 36.3 Å². The number of oxazole rings is 1. The van der Waals surface area contributed by atoms with E-state index in [1.807, 2.05) is 26.0 Å². The smallest absolute Gasteiger partial charge is 0.408 e. The van der Waals surface area contributed by atoms with Crippen molar-refractivity contribution < 1.29 is 14.0 Å². The predicted octanol–water partition coefficient (Wildman–Crippen LogP) is 3.07. The minimum atomic E-state index is -0.424. The number of hydrogen-bond acceptors (Lipinski definition) is 4. The normalized spacial score (nSPS) is 10.8. The van der Waals surface area contributed by atoms with E-state index in [0.717, 1.165) is 11.1 Å². The van der Waals surface area contributed by atoms with Crippen molar-refractivity contribution >= 4 is 28.6 Å². The summed E-state index contributed by atoms with van der Waals surface area (Å²) in [5.41, 5.74) is 3.24. The summed E-state index contributed by atoms with van der Waals surface area (Å²) < 4.78 is 6.72. The molecule has 28 heavy (non-hydrogen) atoms. The second-order valence-electron chi connectivity index (χ2n) is 6.53. The van der Waals surface area contributed by atoms with Crippen molar-refractivity contribution in [1.29, 1.82) is 0 Å². The maximum atomic E-state index is 12.3. The van der Waals surface area contributed by atoms with Crippen molar-refractivity contribution in [3.8, 4) is 0 Å². The van der Waals surface area contributed by atoms with Crippen molar-refractivity contribution in [1.82, 2.24) is 9.88 Å². The van der Waals surface area contributed by atoms with E-state index < -0.39 is 5.76 Å². The first kappa shape index (κ1) is 19.4. The average Bonchev–Trinajstić information content (AvgIpc) is 2.99. The second kappa shape index (κ2) is 8.56. The third-order valence-electron chi connectivity index (χ3n) is 4.47. The van der Waals surface area contributed by atoms with Gasteiger partial charge in [-0.25, -0.2) is 4.79 Å². The van der Waals surface area contributed by atoms with Crippen LogP contribution in [0.15, 0.2) is 51.7 Å². The highest BCUT2D eigenvalue weighted by molar-refractivity contribution is 5.97. The molecule has 0 spiro atoms. The number of aromatic nitrogens is 1. The molecule has 0 atom stereocenters. The highest BCUT2D eigenvalue weighted by atomic mass is 16.4. The Balaban J connectivity index is 1.61. The molecule has 3 rings (SSSR count). The maximum Gasteiger partial charge on any atom is 0.419 e. The molecule has 0 unspecified atom stereocenters. The van der Waals surface area contributed by atoms with Crippen LogP contribution in [0.25, 0.3) is 11.1 Å². The summed E-state index contributed by atoms with van der Waals surface area (Å²) in [6.07, 6.45) is 0.737. The lowest BCUT2D eigenvalue weighted by atomic mass is 10.1. The molecule has 146 valence electrons. The Morgan fingerprint density at radius 3 is 2.71 bits per heavy atom. The first-order chi connectivity index (χ1) is 13.5. The van der Waals surface area contributed by atoms with Crippen molar-refractivity contribution in [2.75, 3.05) is 11.9 Å². The fourth-order valence-electron chi connectivity index (χ4n) is 3.00. The number of rotatable bonds is 7. The number of hydrogen-bond donors (Lipinski definition) is 2. The van der Waals surface area contributed by atoms with Gasteiger partial charge in [0.1, 0.15) is 0 Å². The quantitative estimate of drug-likeness (QED) is 0.658. The molecule has 0 aliphatic heterocycles. The Morgan fingerprint density at radius 1 is 1.14 bits per heavy atom. The van der Waals surface area contributed by atoms with Gasteiger partial charge in [-0.1, -0.05) is 18.2 Å². The summed E-state index contributed by atoms with van der Waals surface area (Å²) in [4.78, 5) is 36.3. The highest BCUT2D eigenvalue weighted by Crippen LogP contribution is 2.18. The van der Waals surface area contributed by atoms with Gasteiger partial charge in [-0.05, 0) is 50.1 Å². The van der Waals surface area contributed by atoms with E-state index >= 15 is 0 Å². The molecule has 0 saturated heterocycles. The van der Waals surface area contributed by atoms with Crippen LogP contribution in [0.3, 0.4) is 0 Å². The van der Waals surface area contributed by atoms with E-state index in [1.165, 1.54) is 4.57 Å². The molecule has 0 fully saturated rings. The lowest BCUT2D eigenvalue weighted by Gasteiger charge is -2.11. The van der Waals surface area contributed by atoms with Crippen molar-refractivity contribution in [3.63, 3.8) is 0 Å². The average molecular weight is 381 g/mol. The zero-order valence-electron chi connectivity index (χ0n) is 16.0. The van der Waals surface area contributed by atoms with Crippen molar-refractivity contribution in [2.24, 2.45) is 0 Å². The van der Waals surface area contributed by atoms with Crippen molar-refractivity contribution in [2.45, 2.75) is 33.2 Å². The fraction of sp³-hybridized carbons (Fsp3) is 0.286. The van der Waals surface area contributed by atoms with Crippen LogP contribution in [0.1, 0.15) is 35.7 Å². The summed E-state index contributed by atoms with van der Waals surface area (Å²) in [5.74, 6) is -0.770. The number of benzene rings is 2. The van der Waals surface area contributed by atoms with Gasteiger partial charge in [-0.2, -0.15) is 0 Å². The van der Waals surface area contributed by atoms with Gasteiger partial charge in [0.2, 0.25) is 5.91 Å². The molecule has 2 N–H and O–H groups in total. The molecule has 7 nitrogen and oxygen atoms in total. The van der Waals surface area contributed by atoms with E-state index in [4.69, 9.17) is 4.42 Å². The van der Waals surface area contributed by atoms with Crippen LogP contribution in [0.4, 0.5) is 5.69 Å². The summed E-state index contributed by atoms with van der Waals surface area (Å²) >= 11 is 0. The first-order valence-electron chi connectivity index (χ1n) is 9.26. The standard InChI is InChI=1S/C21H23N3O4/c1-3-22-20(26)15-11-10-14(2)16(13-15)23-19(25)9-6-12-24-17-7-4-5-8-18(17)28-21(24)27/h4-5,7-8,10-11,13H,3,6,9,12H2,1-2H3,(H,22,26)(H,23,25). The molecular weight excluding hydrogens is 358 g/mol. The van der Waals surface area contributed by atoms with Gasteiger partial charge in [0.05, 0.1) is 5.52 Å². The van der Waals surface area contributed by atoms with Crippen LogP contribution in [0, 0.1) is 6.92 Å². The largest absolute Gasteiger partial charge is 0.419 e. The molecule has 7 heteroatoms. The number of nitrogens with zero attached hydrogens (tertiary/aromatic N) is 1. The molecular formula is C21H23N3O4. The van der Waals surface area contributed by atoms with Gasteiger partial charge in [-0.15, -0.1) is 0 Å². The van der Waals surface area contributed by atoms with Gasteiger partial charge in [0.25, 0.3) is 5.91 Å². The summed E-state index contributed by atoms with van der Waals surface area (Å²) in [6, 6.07) is 12.4. The van der Waals surface area contributed by atoms with E-state index in [1.54, 1.807) is 30.3 Å². The van der Waals surface area contributed by atoms with Crippen LogP contribution >= 0.6 is 0 Å². The molecule has 3 aromatic rings. The number of nitrogens with one attached hydrogen (secondary N) is 2. The zero-order chi connectivity index (χ0) is 20.1. The fourth-order valence-corrected chi connectivity index (χ4v) is 3.00. The molecule has 0 saturated carbocycles. The molecule has 2 amide bonds. The van der Waals surface area contributed by atoms with Gasteiger partial charge in [0, 0.05) is 30.8 Å². The lowest BCUT2D eigenvalue weighted by Crippen LogP contribution is -2.23. The van der Waals surface area contributed by atoms with Crippen LogP contribution in [0.2, 0.25) is 0 Å². The van der Waals surface area contributed by atoms with Crippen LogP contribution in [-0.2, 0) is 11.3 Å². The molecule has 0 aliphatic rings. The number of anilines is 1. The van der Waals surface area contributed by atoms with E-state index in [-0.39, 0.29) is 18.2 Å². The molecule has 0 aliphatic carbocycles. The first-order valence-corrected chi connectivity index (χ1v) is 9.26. The Hall–Kier alpha value is -3.35. The summed E-state index contributed by atoms with van der Waals surface area (Å²) in [6.45, 7) is 4.65. The van der Waals surface area contributed by atoms with Gasteiger partial charge >= 0.3 is 5.76 Å². The molecule has 0 radical (unpaired) electrons. The molecule has 1 heterocycles. The second-order valence-corrected chi connectivity index (χ2v) is 6.53. The maximum absolute atomic E-state index is 12.3. The lowest BCUT2D eigenvalue weighted by molar-refractivity contribution is -0.116. The Bertz CT molecular complexity index is 1060. The van der Waals surface area contributed by atoms with E-state index in [9.17, 15) is 14.4 Å². The highest BCUT2D eigenvalue weighted by Gasteiger charge is 2.11. The summed E-state index contributed by atoms with van der Waals surface area (Å²) in [5, 5.41) is 5.59. The Kier molecular flexibility index (Phi) is 5.93. The predicted molar refractivity (Wildman–Crippen MR) is 108 cm³/mol. The third kappa shape index (κ3) is 4.31. The number of amides is 2. The minimum absolute atomic E-state index is 0.169. The summed E-state index contributed by atoms with van der Waals surface area (Å²) in [7, 11) is 0.